The zero-order valence-corrected chi connectivity index (χ0v) is 19.4. The number of esters is 1. The summed E-state index contributed by atoms with van der Waals surface area (Å²) in [5.74, 6) is -1.23. The number of hydrogen-bond donors (Lipinski definition) is 2. The Morgan fingerprint density at radius 3 is 2.41 bits per heavy atom. The van der Waals surface area contributed by atoms with Gasteiger partial charge in [0.25, 0.3) is 11.5 Å². The lowest BCUT2D eigenvalue weighted by Gasteiger charge is -2.13. The number of ether oxygens (including phenoxy) is 2. The minimum Gasteiger partial charge on any atom is -0.495 e. The van der Waals surface area contributed by atoms with Crippen molar-refractivity contribution in [2.75, 3.05) is 24.4 Å². The minimum atomic E-state index is -0.831. The summed E-state index contributed by atoms with van der Waals surface area (Å²) in [5.41, 5.74) is 0.408. The highest BCUT2D eigenvalue weighted by Gasteiger charge is 2.20. The first-order chi connectivity index (χ1) is 16.2. The molecule has 0 aliphatic rings. The quantitative estimate of drug-likeness (QED) is 0.489. The molecule has 2 N–H and O–H groups in total. The fourth-order valence-corrected chi connectivity index (χ4v) is 3.33. The number of anilines is 2. The molecular weight excluding hydrogens is 440 g/mol. The molecule has 0 aliphatic carbocycles. The van der Waals surface area contributed by atoms with Crippen LogP contribution in [0.5, 0.6) is 5.75 Å². The topological polar surface area (TPSA) is 129 Å². The molecule has 10 nitrogen and oxygen atoms in total. The van der Waals surface area contributed by atoms with E-state index in [1.165, 1.54) is 24.8 Å². The highest BCUT2D eigenvalue weighted by atomic mass is 16.5. The highest BCUT2D eigenvalue weighted by molar-refractivity contribution is 6.03. The van der Waals surface area contributed by atoms with Crippen molar-refractivity contribution < 1.29 is 23.9 Å². The molecule has 3 rings (SSSR count). The number of aromatic nitrogens is 2. The summed E-state index contributed by atoms with van der Waals surface area (Å²) in [6.07, 6.45) is 0. The maximum atomic E-state index is 12.8. The second-order valence-corrected chi connectivity index (χ2v) is 8.00. The highest BCUT2D eigenvalue weighted by Crippen LogP contribution is 2.28. The number of carbonyl (C=O) groups is 3. The molecule has 0 bridgehead atoms. The number of methoxy groups -OCH3 is 1. The van der Waals surface area contributed by atoms with Gasteiger partial charge in [0.15, 0.2) is 12.3 Å². The van der Waals surface area contributed by atoms with E-state index in [1.807, 2.05) is 13.8 Å². The van der Waals surface area contributed by atoms with Crippen LogP contribution in [0.25, 0.3) is 10.8 Å². The van der Waals surface area contributed by atoms with Gasteiger partial charge in [-0.2, -0.15) is 5.10 Å². The number of carbonyl (C=O) groups excluding carboxylic acids is 3. The molecule has 0 saturated heterocycles. The predicted molar refractivity (Wildman–Crippen MR) is 127 cm³/mol. The van der Waals surface area contributed by atoms with E-state index >= 15 is 0 Å². The van der Waals surface area contributed by atoms with Crippen LogP contribution in [0.2, 0.25) is 0 Å². The summed E-state index contributed by atoms with van der Waals surface area (Å²) < 4.78 is 11.7. The average Bonchev–Trinajstić information content (AvgIpc) is 2.79. The van der Waals surface area contributed by atoms with E-state index in [-0.39, 0.29) is 23.1 Å². The van der Waals surface area contributed by atoms with E-state index in [9.17, 15) is 19.2 Å². The van der Waals surface area contributed by atoms with Gasteiger partial charge < -0.3 is 20.1 Å². The number of benzene rings is 2. The molecule has 178 valence electrons. The molecule has 0 atom stereocenters. The van der Waals surface area contributed by atoms with Crippen molar-refractivity contribution in [2.45, 2.75) is 27.3 Å². The molecule has 0 saturated carbocycles. The third-order valence-corrected chi connectivity index (χ3v) is 4.73. The minimum absolute atomic E-state index is 0.0473. The molecule has 3 aromatic rings. The number of nitrogens with zero attached hydrogens (tertiary/aromatic N) is 2. The summed E-state index contributed by atoms with van der Waals surface area (Å²) in [4.78, 5) is 49.3. The van der Waals surface area contributed by atoms with Gasteiger partial charge in [0.1, 0.15) is 5.75 Å². The Labute approximate surface area is 195 Å². The summed E-state index contributed by atoms with van der Waals surface area (Å²) >= 11 is 0. The van der Waals surface area contributed by atoms with Crippen LogP contribution in [0.1, 0.15) is 31.3 Å². The number of rotatable bonds is 8. The van der Waals surface area contributed by atoms with E-state index < -0.39 is 18.5 Å². The van der Waals surface area contributed by atoms with E-state index in [0.717, 1.165) is 0 Å². The Morgan fingerprint density at radius 1 is 1.06 bits per heavy atom. The number of amides is 2. The molecule has 10 heteroatoms. The molecule has 34 heavy (non-hydrogen) atoms. The van der Waals surface area contributed by atoms with Crippen LogP contribution >= 0.6 is 0 Å². The van der Waals surface area contributed by atoms with Crippen LogP contribution in [0.4, 0.5) is 11.4 Å². The lowest BCUT2D eigenvalue weighted by Crippen LogP contribution is -2.29. The molecule has 0 radical (unpaired) electrons. The average molecular weight is 466 g/mol. The second-order valence-electron chi connectivity index (χ2n) is 8.00. The molecule has 0 aliphatic heterocycles. The maximum Gasteiger partial charge on any atom is 0.359 e. The van der Waals surface area contributed by atoms with Crippen LogP contribution in [0.15, 0.2) is 47.3 Å². The maximum absolute atomic E-state index is 12.8. The molecule has 0 fully saturated rings. The van der Waals surface area contributed by atoms with Gasteiger partial charge in [-0.25, -0.2) is 9.48 Å². The van der Waals surface area contributed by atoms with Crippen molar-refractivity contribution in [3.63, 3.8) is 0 Å². The molecule has 1 aromatic heterocycles. The fraction of sp³-hybridized carbons (Fsp3) is 0.292. The second kappa shape index (κ2) is 10.6. The Hall–Kier alpha value is -4.21. The molecule has 0 spiro atoms. The van der Waals surface area contributed by atoms with Crippen LogP contribution in [0.3, 0.4) is 0 Å². The van der Waals surface area contributed by atoms with Crippen molar-refractivity contribution in [1.29, 1.82) is 0 Å². The Kier molecular flexibility index (Phi) is 7.62. The first kappa shape index (κ1) is 24.4. The van der Waals surface area contributed by atoms with E-state index in [1.54, 1.807) is 36.4 Å². The van der Waals surface area contributed by atoms with E-state index in [2.05, 4.69) is 15.7 Å². The van der Waals surface area contributed by atoms with Gasteiger partial charge in [0.2, 0.25) is 5.91 Å². The summed E-state index contributed by atoms with van der Waals surface area (Å²) in [5, 5.41) is 10.1. The van der Waals surface area contributed by atoms with E-state index in [4.69, 9.17) is 9.47 Å². The number of nitrogens with one attached hydrogen (secondary N) is 2. The van der Waals surface area contributed by atoms with Crippen molar-refractivity contribution in [2.24, 2.45) is 5.92 Å². The third kappa shape index (κ3) is 5.77. The zero-order valence-electron chi connectivity index (χ0n) is 19.4. The van der Waals surface area contributed by atoms with Crippen molar-refractivity contribution in [3.05, 3.63) is 58.5 Å². The fourth-order valence-electron chi connectivity index (χ4n) is 3.33. The molecule has 2 aromatic carbocycles. The van der Waals surface area contributed by atoms with Crippen LogP contribution in [0, 0.1) is 5.92 Å². The molecule has 1 heterocycles. The van der Waals surface area contributed by atoms with Gasteiger partial charge in [0, 0.05) is 24.5 Å². The number of hydrogen-bond acceptors (Lipinski definition) is 7. The summed E-state index contributed by atoms with van der Waals surface area (Å²) in [6.45, 7) is 4.96. The Morgan fingerprint density at radius 2 is 1.76 bits per heavy atom. The smallest absolute Gasteiger partial charge is 0.359 e. The van der Waals surface area contributed by atoms with Crippen molar-refractivity contribution >= 4 is 39.9 Å². The summed E-state index contributed by atoms with van der Waals surface area (Å²) in [7, 11) is 1.44. The zero-order chi connectivity index (χ0) is 24.8. The molecule has 0 unspecified atom stereocenters. The largest absolute Gasteiger partial charge is 0.495 e. The van der Waals surface area contributed by atoms with Crippen LogP contribution < -0.4 is 20.9 Å². The predicted octanol–water partition coefficient (Wildman–Crippen LogP) is 2.82. The van der Waals surface area contributed by atoms with Gasteiger partial charge >= 0.3 is 5.97 Å². The standard InChI is InChI=1S/C24H26N4O6/c1-14(2)12-28-23(31)18-8-6-5-7-17(18)22(27-28)24(32)34-13-21(30)26-19-11-16(25-15(3)29)9-10-20(19)33-4/h5-11,14H,12-13H2,1-4H3,(H,25,29)(H,26,30). The van der Waals surface area contributed by atoms with Gasteiger partial charge in [-0.05, 0) is 30.2 Å². The SMILES string of the molecule is COc1ccc(NC(C)=O)cc1NC(=O)COC(=O)c1nn(CC(C)C)c(=O)c2ccccc12. The monoisotopic (exact) mass is 466 g/mol. The normalized spacial score (nSPS) is 10.7. The first-order valence-electron chi connectivity index (χ1n) is 10.6. The Bertz CT molecular complexity index is 1300. The van der Waals surface area contributed by atoms with Gasteiger partial charge in [0.05, 0.1) is 18.2 Å². The van der Waals surface area contributed by atoms with Crippen molar-refractivity contribution in [1.82, 2.24) is 9.78 Å². The number of fused-ring (bicyclic) bond motifs is 1. The lowest BCUT2D eigenvalue weighted by atomic mass is 10.1. The van der Waals surface area contributed by atoms with Crippen LogP contribution in [-0.2, 0) is 20.9 Å². The van der Waals surface area contributed by atoms with Crippen LogP contribution in [-0.4, -0.2) is 41.3 Å². The Balaban J connectivity index is 1.79. The molecule has 2 amide bonds. The lowest BCUT2D eigenvalue weighted by molar-refractivity contribution is -0.119. The third-order valence-electron chi connectivity index (χ3n) is 4.73. The van der Waals surface area contributed by atoms with Gasteiger partial charge in [-0.1, -0.05) is 32.0 Å². The van der Waals surface area contributed by atoms with E-state index in [0.29, 0.717) is 34.4 Å². The summed E-state index contributed by atoms with van der Waals surface area (Å²) in [6, 6.07) is 11.4. The van der Waals surface area contributed by atoms with Gasteiger partial charge in [-0.3, -0.25) is 14.4 Å². The van der Waals surface area contributed by atoms with Crippen molar-refractivity contribution in [3.8, 4) is 5.75 Å². The first-order valence-corrected chi connectivity index (χ1v) is 10.6. The molecular formula is C24H26N4O6. The van der Waals surface area contributed by atoms with Gasteiger partial charge in [-0.15, -0.1) is 0 Å².